The highest BCUT2D eigenvalue weighted by atomic mass is 32.2. The number of nitrogens with zero attached hydrogens (tertiary/aromatic N) is 3. The van der Waals surface area contributed by atoms with Gasteiger partial charge in [0.05, 0.1) is 10.8 Å². The van der Waals surface area contributed by atoms with Crippen LogP contribution in [0.3, 0.4) is 0 Å². The second kappa shape index (κ2) is 4.98. The Morgan fingerprint density at radius 3 is 2.67 bits per heavy atom. The summed E-state index contributed by atoms with van der Waals surface area (Å²) in [5.41, 5.74) is 0. The van der Waals surface area contributed by atoms with Gasteiger partial charge in [-0.25, -0.2) is 13.4 Å². The summed E-state index contributed by atoms with van der Waals surface area (Å²) in [5.74, 6) is 1.37. The lowest BCUT2D eigenvalue weighted by molar-refractivity contribution is -0.137. The zero-order chi connectivity index (χ0) is 15.2. The lowest BCUT2D eigenvalue weighted by atomic mass is 9.88. The Labute approximate surface area is 124 Å². The third-order valence-corrected chi connectivity index (χ3v) is 5.54. The number of amides is 1. The second-order valence-corrected chi connectivity index (χ2v) is 7.96. The molecule has 6 nitrogen and oxygen atoms in total. The van der Waals surface area contributed by atoms with Gasteiger partial charge < -0.3 is 9.80 Å². The summed E-state index contributed by atoms with van der Waals surface area (Å²) in [5, 5.41) is 0. The van der Waals surface area contributed by atoms with E-state index in [9.17, 15) is 13.2 Å². The van der Waals surface area contributed by atoms with E-state index in [-0.39, 0.29) is 16.7 Å². The molecule has 114 valence electrons. The van der Waals surface area contributed by atoms with E-state index < -0.39 is 9.84 Å². The third-order valence-electron chi connectivity index (χ3n) is 4.44. The fourth-order valence-electron chi connectivity index (χ4n) is 3.16. The highest BCUT2D eigenvalue weighted by molar-refractivity contribution is 7.90. The van der Waals surface area contributed by atoms with Gasteiger partial charge in [0.25, 0.3) is 0 Å². The molecule has 21 heavy (non-hydrogen) atoms. The molecular formula is C14H19N3O3S. The van der Waals surface area contributed by atoms with Crippen LogP contribution >= 0.6 is 0 Å². The van der Waals surface area contributed by atoms with Gasteiger partial charge in [0.1, 0.15) is 5.82 Å². The Kier molecular flexibility index (Phi) is 3.39. The van der Waals surface area contributed by atoms with Crippen LogP contribution in [0.5, 0.6) is 0 Å². The number of aromatic nitrogens is 1. The van der Waals surface area contributed by atoms with Crippen molar-refractivity contribution in [2.24, 2.45) is 11.8 Å². The van der Waals surface area contributed by atoms with Gasteiger partial charge in [-0.3, -0.25) is 4.79 Å². The van der Waals surface area contributed by atoms with E-state index in [4.69, 9.17) is 0 Å². The largest absolute Gasteiger partial charge is 0.356 e. The molecule has 0 saturated carbocycles. The Morgan fingerprint density at radius 1 is 1.29 bits per heavy atom. The van der Waals surface area contributed by atoms with E-state index >= 15 is 0 Å². The average molecular weight is 309 g/mol. The van der Waals surface area contributed by atoms with Gasteiger partial charge in [-0.2, -0.15) is 0 Å². The summed E-state index contributed by atoms with van der Waals surface area (Å²) in [6, 6.07) is 3.30. The van der Waals surface area contributed by atoms with Crippen molar-refractivity contribution < 1.29 is 13.2 Å². The molecule has 0 aliphatic carbocycles. The molecule has 0 aromatic carbocycles. The average Bonchev–Trinajstić information content (AvgIpc) is 2.87. The first-order chi connectivity index (χ1) is 9.86. The Bertz CT molecular complexity index is 657. The van der Waals surface area contributed by atoms with Crippen LogP contribution in [0, 0.1) is 11.8 Å². The molecule has 2 fully saturated rings. The molecule has 2 atom stereocenters. The van der Waals surface area contributed by atoms with Crippen LogP contribution in [-0.4, -0.2) is 57.1 Å². The van der Waals surface area contributed by atoms with Crippen LogP contribution in [0.15, 0.2) is 23.2 Å². The molecular weight excluding hydrogens is 290 g/mol. The van der Waals surface area contributed by atoms with Crippen LogP contribution in [0.2, 0.25) is 0 Å². The van der Waals surface area contributed by atoms with Crippen LogP contribution in [0.1, 0.15) is 6.42 Å². The molecule has 0 N–H and O–H groups in total. The molecule has 0 unspecified atom stereocenters. The van der Waals surface area contributed by atoms with Crippen molar-refractivity contribution in [3.63, 3.8) is 0 Å². The van der Waals surface area contributed by atoms with Crippen molar-refractivity contribution in [2.45, 2.75) is 11.3 Å². The molecule has 0 bridgehead atoms. The minimum absolute atomic E-state index is 0.0418. The van der Waals surface area contributed by atoms with E-state index in [0.29, 0.717) is 12.5 Å². The molecule has 2 saturated heterocycles. The summed E-state index contributed by atoms with van der Waals surface area (Å²) < 4.78 is 22.9. The number of sulfone groups is 1. The summed E-state index contributed by atoms with van der Waals surface area (Å²) >= 11 is 0. The molecule has 3 heterocycles. The number of pyridine rings is 1. The van der Waals surface area contributed by atoms with Gasteiger partial charge in [-0.1, -0.05) is 0 Å². The number of carbonyl (C=O) groups is 1. The van der Waals surface area contributed by atoms with E-state index in [0.717, 1.165) is 25.3 Å². The van der Waals surface area contributed by atoms with Gasteiger partial charge in [-0.15, -0.1) is 0 Å². The maximum atomic E-state index is 12.2. The maximum Gasteiger partial charge on any atom is 0.227 e. The van der Waals surface area contributed by atoms with Gasteiger partial charge in [0.2, 0.25) is 5.91 Å². The normalized spacial score (nSPS) is 26.1. The number of fused-ring (bicyclic) bond motifs is 1. The number of hydrogen-bond donors (Lipinski definition) is 0. The zero-order valence-electron chi connectivity index (χ0n) is 12.2. The highest BCUT2D eigenvalue weighted by Crippen LogP contribution is 2.33. The SMILES string of the molecule is CN1CC[C@@H]2CN(c3ccc(S(C)(=O)=O)cn3)C[C@@H]2C1=O. The number of rotatable bonds is 2. The molecule has 2 aliphatic rings. The third kappa shape index (κ3) is 2.62. The number of hydrogen-bond acceptors (Lipinski definition) is 5. The smallest absolute Gasteiger partial charge is 0.227 e. The molecule has 1 aromatic heterocycles. The maximum absolute atomic E-state index is 12.2. The highest BCUT2D eigenvalue weighted by Gasteiger charge is 2.42. The number of piperidine rings is 1. The lowest BCUT2D eigenvalue weighted by Crippen LogP contribution is -2.42. The molecule has 1 aromatic rings. The number of likely N-dealkylation sites (tertiary alicyclic amines) is 1. The second-order valence-electron chi connectivity index (χ2n) is 5.94. The van der Waals surface area contributed by atoms with Crippen molar-refractivity contribution in [1.82, 2.24) is 9.88 Å². The predicted octanol–water partition coefficient (Wildman–Crippen LogP) is 0.400. The quantitative estimate of drug-likeness (QED) is 0.791. The predicted molar refractivity (Wildman–Crippen MR) is 78.8 cm³/mol. The summed E-state index contributed by atoms with van der Waals surface area (Å²) in [4.78, 5) is 20.5. The Morgan fingerprint density at radius 2 is 2.05 bits per heavy atom. The minimum atomic E-state index is -3.22. The zero-order valence-corrected chi connectivity index (χ0v) is 13.0. The fourth-order valence-corrected chi connectivity index (χ4v) is 3.72. The lowest BCUT2D eigenvalue weighted by Gasteiger charge is -2.30. The molecule has 7 heteroatoms. The Balaban J connectivity index is 1.79. The van der Waals surface area contributed by atoms with E-state index in [1.807, 2.05) is 7.05 Å². The topological polar surface area (TPSA) is 70.6 Å². The van der Waals surface area contributed by atoms with Crippen molar-refractivity contribution in [2.75, 3.05) is 37.8 Å². The first-order valence-electron chi connectivity index (χ1n) is 7.02. The van der Waals surface area contributed by atoms with E-state index in [2.05, 4.69) is 9.88 Å². The molecule has 2 aliphatic heterocycles. The monoisotopic (exact) mass is 309 g/mol. The molecule has 0 radical (unpaired) electrons. The molecule has 3 rings (SSSR count). The van der Waals surface area contributed by atoms with Crippen molar-refractivity contribution >= 4 is 21.6 Å². The van der Waals surface area contributed by atoms with Crippen molar-refractivity contribution in [3.8, 4) is 0 Å². The molecule has 0 spiro atoms. The number of carbonyl (C=O) groups excluding carboxylic acids is 1. The first-order valence-corrected chi connectivity index (χ1v) is 8.91. The van der Waals surface area contributed by atoms with Gasteiger partial charge in [0.15, 0.2) is 9.84 Å². The number of anilines is 1. The minimum Gasteiger partial charge on any atom is -0.356 e. The molecule has 1 amide bonds. The van der Waals surface area contributed by atoms with Crippen LogP contribution < -0.4 is 4.90 Å². The Hall–Kier alpha value is -1.63. The first kappa shape index (κ1) is 14.3. The standard InChI is InChI=1S/C14H19N3O3S/c1-16-6-5-10-8-17(9-12(10)14(16)18)13-4-3-11(7-15-13)21(2,19)20/h3-4,7,10,12H,5-6,8-9H2,1-2H3/t10-,12+/m1/s1. The van der Waals surface area contributed by atoms with Crippen LogP contribution in [-0.2, 0) is 14.6 Å². The van der Waals surface area contributed by atoms with Crippen LogP contribution in [0.25, 0.3) is 0 Å². The van der Waals surface area contributed by atoms with Crippen molar-refractivity contribution in [3.05, 3.63) is 18.3 Å². The van der Waals surface area contributed by atoms with Gasteiger partial charge >= 0.3 is 0 Å². The van der Waals surface area contributed by atoms with Gasteiger partial charge in [0, 0.05) is 39.1 Å². The van der Waals surface area contributed by atoms with Gasteiger partial charge in [-0.05, 0) is 24.5 Å². The summed E-state index contributed by atoms with van der Waals surface area (Å²) in [6.45, 7) is 2.29. The summed E-state index contributed by atoms with van der Waals surface area (Å²) in [7, 11) is -1.37. The van der Waals surface area contributed by atoms with Crippen molar-refractivity contribution in [1.29, 1.82) is 0 Å². The van der Waals surface area contributed by atoms with E-state index in [1.165, 1.54) is 12.5 Å². The van der Waals surface area contributed by atoms with Crippen LogP contribution in [0.4, 0.5) is 5.82 Å². The fraction of sp³-hybridized carbons (Fsp3) is 0.571. The van der Waals surface area contributed by atoms with E-state index in [1.54, 1.807) is 17.0 Å². The summed E-state index contributed by atoms with van der Waals surface area (Å²) in [6.07, 6.45) is 3.58.